The Morgan fingerprint density at radius 1 is 1.31 bits per heavy atom. The van der Waals surface area contributed by atoms with E-state index >= 15 is 0 Å². The van der Waals surface area contributed by atoms with E-state index in [0.717, 1.165) is 17.1 Å². The molecule has 2 rings (SSSR count). The highest BCUT2D eigenvalue weighted by molar-refractivity contribution is 5.48. The van der Waals surface area contributed by atoms with Crippen LogP contribution >= 0.6 is 0 Å². The van der Waals surface area contributed by atoms with Gasteiger partial charge in [0.2, 0.25) is 6.79 Å². The lowest BCUT2D eigenvalue weighted by Gasteiger charge is -2.05. The average Bonchev–Trinajstić information content (AvgIpc) is 2.52. The highest BCUT2D eigenvalue weighted by Gasteiger charge is 2.15. The highest BCUT2D eigenvalue weighted by Crippen LogP contribution is 2.34. The first kappa shape index (κ1) is 8.38. The zero-order valence-corrected chi connectivity index (χ0v) is 7.79. The van der Waals surface area contributed by atoms with Gasteiger partial charge in [-0.25, -0.2) is 0 Å². The van der Waals surface area contributed by atoms with Crippen molar-refractivity contribution >= 4 is 0 Å². The van der Waals surface area contributed by atoms with E-state index in [1.807, 2.05) is 19.1 Å². The smallest absolute Gasteiger partial charge is 0.231 e. The van der Waals surface area contributed by atoms with E-state index in [-0.39, 0.29) is 0 Å². The van der Waals surface area contributed by atoms with Crippen LogP contribution in [0.5, 0.6) is 11.5 Å². The number of fused-ring (bicyclic) bond motifs is 1. The Morgan fingerprint density at radius 3 is 2.69 bits per heavy atom. The summed E-state index contributed by atoms with van der Waals surface area (Å²) < 4.78 is 15.6. The molecule has 0 aliphatic carbocycles. The number of hydrogen-bond acceptors (Lipinski definition) is 3. The van der Waals surface area contributed by atoms with Crippen LogP contribution in [-0.2, 0) is 11.3 Å². The Kier molecular flexibility index (Phi) is 2.10. The molecule has 0 aromatic heterocycles. The van der Waals surface area contributed by atoms with Crippen LogP contribution in [0, 0.1) is 6.92 Å². The zero-order chi connectivity index (χ0) is 9.26. The van der Waals surface area contributed by atoms with Crippen LogP contribution in [0.2, 0.25) is 0 Å². The lowest BCUT2D eigenvalue weighted by atomic mass is 10.1. The average molecular weight is 180 g/mol. The summed E-state index contributed by atoms with van der Waals surface area (Å²) in [5.41, 5.74) is 2.32. The number of benzene rings is 1. The van der Waals surface area contributed by atoms with Crippen LogP contribution in [0.15, 0.2) is 12.1 Å². The van der Waals surface area contributed by atoms with Crippen molar-refractivity contribution in [3.05, 3.63) is 23.3 Å². The number of hydrogen-bond donors (Lipinski definition) is 0. The van der Waals surface area contributed by atoms with Gasteiger partial charge in [0.05, 0.1) is 6.61 Å². The van der Waals surface area contributed by atoms with Crippen molar-refractivity contribution in [3.8, 4) is 11.5 Å². The molecule has 0 unspecified atom stereocenters. The second-order valence-electron chi connectivity index (χ2n) is 3.06. The summed E-state index contributed by atoms with van der Waals surface area (Å²) in [6, 6.07) is 3.96. The standard InChI is InChI=1S/C10H12O3/c1-7-3-9-10(13-6-12-9)4-8(7)5-11-2/h3-4H,5-6H2,1-2H3. The van der Waals surface area contributed by atoms with E-state index in [1.165, 1.54) is 5.56 Å². The van der Waals surface area contributed by atoms with Gasteiger partial charge in [0.25, 0.3) is 0 Å². The molecular weight excluding hydrogens is 168 g/mol. The fourth-order valence-electron chi connectivity index (χ4n) is 1.40. The summed E-state index contributed by atoms with van der Waals surface area (Å²) in [7, 11) is 1.68. The SMILES string of the molecule is COCc1cc2c(cc1C)OCO2. The minimum atomic E-state index is 0.325. The molecule has 0 N–H and O–H groups in total. The first-order valence-corrected chi connectivity index (χ1v) is 4.19. The fraction of sp³-hybridized carbons (Fsp3) is 0.400. The van der Waals surface area contributed by atoms with E-state index in [0.29, 0.717) is 13.4 Å². The Labute approximate surface area is 77.2 Å². The molecule has 0 saturated carbocycles. The quantitative estimate of drug-likeness (QED) is 0.695. The summed E-state index contributed by atoms with van der Waals surface area (Å²) >= 11 is 0. The van der Waals surface area contributed by atoms with Gasteiger partial charge in [-0.2, -0.15) is 0 Å². The third-order valence-corrected chi connectivity index (χ3v) is 2.13. The minimum absolute atomic E-state index is 0.325. The van der Waals surface area contributed by atoms with Crippen LogP contribution in [0.1, 0.15) is 11.1 Å². The lowest BCUT2D eigenvalue weighted by molar-refractivity contribution is 0.173. The molecule has 0 fully saturated rings. The summed E-state index contributed by atoms with van der Waals surface area (Å²) in [5, 5.41) is 0. The van der Waals surface area contributed by atoms with Gasteiger partial charge in [-0.3, -0.25) is 0 Å². The van der Waals surface area contributed by atoms with Crippen molar-refractivity contribution in [1.29, 1.82) is 0 Å². The fourth-order valence-corrected chi connectivity index (χ4v) is 1.40. The third kappa shape index (κ3) is 1.47. The molecule has 70 valence electrons. The molecule has 0 atom stereocenters. The predicted molar refractivity (Wildman–Crippen MR) is 48.0 cm³/mol. The lowest BCUT2D eigenvalue weighted by Crippen LogP contribution is -1.93. The van der Waals surface area contributed by atoms with E-state index in [2.05, 4.69) is 0 Å². The Hall–Kier alpha value is -1.22. The van der Waals surface area contributed by atoms with Gasteiger partial charge in [-0.15, -0.1) is 0 Å². The van der Waals surface area contributed by atoms with Crippen molar-refractivity contribution in [2.75, 3.05) is 13.9 Å². The predicted octanol–water partition coefficient (Wildman–Crippen LogP) is 1.87. The normalized spacial score (nSPS) is 13.4. The monoisotopic (exact) mass is 180 g/mol. The molecule has 1 aliphatic heterocycles. The van der Waals surface area contributed by atoms with Crippen molar-refractivity contribution < 1.29 is 14.2 Å². The molecule has 0 spiro atoms. The second-order valence-corrected chi connectivity index (χ2v) is 3.06. The summed E-state index contributed by atoms with van der Waals surface area (Å²) in [4.78, 5) is 0. The maximum atomic E-state index is 5.26. The second kappa shape index (κ2) is 3.26. The third-order valence-electron chi connectivity index (χ3n) is 2.13. The van der Waals surface area contributed by atoms with Crippen LogP contribution < -0.4 is 9.47 Å². The van der Waals surface area contributed by atoms with Crippen molar-refractivity contribution in [3.63, 3.8) is 0 Å². The minimum Gasteiger partial charge on any atom is -0.454 e. The van der Waals surface area contributed by atoms with Gasteiger partial charge in [0, 0.05) is 7.11 Å². The molecular formula is C10H12O3. The number of rotatable bonds is 2. The molecule has 1 aliphatic rings. The van der Waals surface area contributed by atoms with Gasteiger partial charge in [-0.05, 0) is 30.2 Å². The molecule has 1 aromatic carbocycles. The number of ether oxygens (including phenoxy) is 3. The van der Waals surface area contributed by atoms with Crippen LogP contribution in [0.4, 0.5) is 0 Å². The first-order valence-electron chi connectivity index (χ1n) is 4.19. The van der Waals surface area contributed by atoms with Gasteiger partial charge in [0.1, 0.15) is 0 Å². The van der Waals surface area contributed by atoms with E-state index < -0.39 is 0 Å². The zero-order valence-electron chi connectivity index (χ0n) is 7.79. The van der Waals surface area contributed by atoms with Crippen molar-refractivity contribution in [1.82, 2.24) is 0 Å². The molecule has 0 radical (unpaired) electrons. The summed E-state index contributed by atoms with van der Waals surface area (Å²) in [6.45, 7) is 2.98. The maximum absolute atomic E-state index is 5.26. The molecule has 0 amide bonds. The van der Waals surface area contributed by atoms with Crippen LogP contribution in [0.3, 0.4) is 0 Å². The Bertz CT molecular complexity index is 320. The van der Waals surface area contributed by atoms with Crippen LogP contribution in [-0.4, -0.2) is 13.9 Å². The van der Waals surface area contributed by atoms with E-state index in [9.17, 15) is 0 Å². The van der Waals surface area contributed by atoms with Crippen molar-refractivity contribution in [2.24, 2.45) is 0 Å². The van der Waals surface area contributed by atoms with Gasteiger partial charge in [-0.1, -0.05) is 0 Å². The molecule has 3 nitrogen and oxygen atoms in total. The van der Waals surface area contributed by atoms with Gasteiger partial charge < -0.3 is 14.2 Å². The Morgan fingerprint density at radius 2 is 2.00 bits per heavy atom. The van der Waals surface area contributed by atoms with Crippen molar-refractivity contribution in [2.45, 2.75) is 13.5 Å². The Balaban J connectivity index is 2.37. The van der Waals surface area contributed by atoms with E-state index in [1.54, 1.807) is 7.11 Å². The molecule has 1 heterocycles. The van der Waals surface area contributed by atoms with Gasteiger partial charge >= 0.3 is 0 Å². The highest BCUT2D eigenvalue weighted by atomic mass is 16.7. The van der Waals surface area contributed by atoms with Gasteiger partial charge in [0.15, 0.2) is 11.5 Å². The topological polar surface area (TPSA) is 27.7 Å². The molecule has 13 heavy (non-hydrogen) atoms. The molecule has 3 heteroatoms. The molecule has 0 bridgehead atoms. The largest absolute Gasteiger partial charge is 0.454 e. The maximum Gasteiger partial charge on any atom is 0.231 e. The van der Waals surface area contributed by atoms with E-state index in [4.69, 9.17) is 14.2 Å². The molecule has 0 saturated heterocycles. The number of methoxy groups -OCH3 is 1. The summed E-state index contributed by atoms with van der Waals surface area (Å²) in [6.07, 6.45) is 0. The molecule has 1 aromatic rings. The van der Waals surface area contributed by atoms with Crippen LogP contribution in [0.25, 0.3) is 0 Å². The number of aryl methyl sites for hydroxylation is 1. The summed E-state index contributed by atoms with van der Waals surface area (Å²) in [5.74, 6) is 1.65. The first-order chi connectivity index (χ1) is 6.31.